The molecule has 0 fully saturated rings. The second kappa shape index (κ2) is 7.94. The summed E-state index contributed by atoms with van der Waals surface area (Å²) in [5, 5.41) is 12.6. The minimum Gasteiger partial charge on any atom is -0.255 e. The number of halogens is 1. The number of hydrazone groups is 1. The molecule has 0 atom stereocenters. The van der Waals surface area contributed by atoms with Crippen LogP contribution in [0.4, 0.5) is 5.95 Å². The van der Waals surface area contributed by atoms with E-state index < -0.39 is 0 Å². The third kappa shape index (κ3) is 4.56. The molecule has 0 amide bonds. The van der Waals surface area contributed by atoms with Crippen LogP contribution in [0.3, 0.4) is 0 Å². The third-order valence-electron chi connectivity index (χ3n) is 3.11. The molecule has 8 heteroatoms. The molecule has 0 unspecified atom stereocenters. The number of aromatic nitrogens is 4. The van der Waals surface area contributed by atoms with Crippen LogP contribution in [0.1, 0.15) is 18.2 Å². The van der Waals surface area contributed by atoms with Gasteiger partial charge in [0.25, 0.3) is 0 Å². The summed E-state index contributed by atoms with van der Waals surface area (Å²) in [5.74, 6) is 1.26. The van der Waals surface area contributed by atoms with E-state index in [1.807, 2.05) is 49.4 Å². The standard InChI is InChI=1S/C16H15ClN6S/c1-11(14-4-2-3-9-18-14)20-21-15-19-16(23-22-15)24-10-12-5-7-13(17)8-6-12/h2-9H,10H2,1H3,(H2,19,21,22,23)/b20-11+. The van der Waals surface area contributed by atoms with Crippen LogP contribution in [0.15, 0.2) is 58.9 Å². The van der Waals surface area contributed by atoms with Crippen molar-refractivity contribution in [3.05, 3.63) is 64.9 Å². The van der Waals surface area contributed by atoms with Gasteiger partial charge in [0.05, 0.1) is 11.4 Å². The minimum atomic E-state index is 0.490. The molecule has 3 aromatic rings. The number of benzene rings is 1. The highest BCUT2D eigenvalue weighted by atomic mass is 35.5. The summed E-state index contributed by atoms with van der Waals surface area (Å²) >= 11 is 7.41. The van der Waals surface area contributed by atoms with Gasteiger partial charge in [-0.25, -0.2) is 10.5 Å². The summed E-state index contributed by atoms with van der Waals surface area (Å²) in [7, 11) is 0. The number of anilines is 1. The van der Waals surface area contributed by atoms with E-state index in [2.05, 4.69) is 30.7 Å². The number of aromatic amines is 1. The van der Waals surface area contributed by atoms with E-state index in [1.54, 1.807) is 6.20 Å². The smallest absolute Gasteiger partial charge is 0.240 e. The molecule has 2 aromatic heterocycles. The van der Waals surface area contributed by atoms with Crippen LogP contribution >= 0.6 is 23.4 Å². The molecular formula is C16H15ClN6S. The molecule has 122 valence electrons. The highest BCUT2D eigenvalue weighted by Gasteiger charge is 2.04. The molecule has 0 spiro atoms. The summed E-state index contributed by atoms with van der Waals surface area (Å²) in [6, 6.07) is 13.4. The lowest BCUT2D eigenvalue weighted by Gasteiger charge is -1.99. The quantitative estimate of drug-likeness (QED) is 0.396. The average Bonchev–Trinajstić information content (AvgIpc) is 3.08. The van der Waals surface area contributed by atoms with E-state index in [1.165, 1.54) is 11.8 Å². The molecule has 0 aliphatic carbocycles. The van der Waals surface area contributed by atoms with E-state index >= 15 is 0 Å². The van der Waals surface area contributed by atoms with Gasteiger partial charge >= 0.3 is 0 Å². The van der Waals surface area contributed by atoms with Crippen molar-refractivity contribution in [1.29, 1.82) is 0 Å². The van der Waals surface area contributed by atoms with E-state index in [0.717, 1.165) is 27.7 Å². The van der Waals surface area contributed by atoms with E-state index in [-0.39, 0.29) is 0 Å². The maximum Gasteiger partial charge on any atom is 0.240 e. The molecule has 1 aromatic carbocycles. The van der Waals surface area contributed by atoms with E-state index in [4.69, 9.17) is 11.6 Å². The Bertz CT molecular complexity index is 816. The molecule has 3 rings (SSSR count). The van der Waals surface area contributed by atoms with Crippen molar-refractivity contribution in [3.8, 4) is 0 Å². The van der Waals surface area contributed by atoms with Gasteiger partial charge in [-0.05, 0) is 36.8 Å². The summed E-state index contributed by atoms with van der Waals surface area (Å²) in [4.78, 5) is 8.57. The zero-order chi connectivity index (χ0) is 16.8. The van der Waals surface area contributed by atoms with Gasteiger partial charge in [-0.3, -0.25) is 4.98 Å². The van der Waals surface area contributed by atoms with Gasteiger partial charge in [-0.1, -0.05) is 41.6 Å². The third-order valence-corrected chi connectivity index (χ3v) is 4.28. The fourth-order valence-corrected chi connectivity index (χ4v) is 2.74. The van der Waals surface area contributed by atoms with Gasteiger partial charge in [0.15, 0.2) is 0 Å². The number of H-pyrrole nitrogens is 1. The van der Waals surface area contributed by atoms with Crippen molar-refractivity contribution in [2.45, 2.75) is 17.8 Å². The van der Waals surface area contributed by atoms with Gasteiger partial charge in [0.2, 0.25) is 11.1 Å². The molecule has 0 bridgehead atoms. The second-order valence-electron chi connectivity index (χ2n) is 4.91. The Labute approximate surface area is 148 Å². The number of pyridine rings is 1. The summed E-state index contributed by atoms with van der Waals surface area (Å²) in [6.07, 6.45) is 1.73. The van der Waals surface area contributed by atoms with Crippen LogP contribution in [0.25, 0.3) is 0 Å². The SMILES string of the molecule is C/C(=N\Nc1nc(SCc2ccc(Cl)cc2)n[nH]1)c1ccccn1. The monoisotopic (exact) mass is 358 g/mol. The minimum absolute atomic E-state index is 0.490. The lowest BCUT2D eigenvalue weighted by Crippen LogP contribution is -2.02. The first-order valence-electron chi connectivity index (χ1n) is 7.22. The summed E-state index contributed by atoms with van der Waals surface area (Å²) in [5.41, 5.74) is 5.59. The molecular weight excluding hydrogens is 344 g/mol. The number of nitrogens with one attached hydrogen (secondary N) is 2. The Kier molecular flexibility index (Phi) is 5.45. The number of hydrogen-bond donors (Lipinski definition) is 2. The molecule has 2 N–H and O–H groups in total. The predicted octanol–water partition coefficient (Wildman–Crippen LogP) is 3.98. The first kappa shape index (κ1) is 16.5. The molecule has 2 heterocycles. The van der Waals surface area contributed by atoms with E-state index in [9.17, 15) is 0 Å². The van der Waals surface area contributed by atoms with Crippen LogP contribution in [-0.2, 0) is 5.75 Å². The highest BCUT2D eigenvalue weighted by Crippen LogP contribution is 2.21. The van der Waals surface area contributed by atoms with Crippen LogP contribution in [0.2, 0.25) is 5.02 Å². The zero-order valence-corrected chi connectivity index (χ0v) is 14.5. The fraction of sp³-hybridized carbons (Fsp3) is 0.125. The van der Waals surface area contributed by atoms with Gasteiger partial charge < -0.3 is 0 Å². The van der Waals surface area contributed by atoms with Crippen LogP contribution in [0.5, 0.6) is 0 Å². The Morgan fingerprint density at radius 1 is 1.25 bits per heavy atom. The van der Waals surface area contributed by atoms with Gasteiger partial charge in [0, 0.05) is 17.0 Å². The first-order chi connectivity index (χ1) is 11.7. The second-order valence-corrected chi connectivity index (χ2v) is 6.28. The van der Waals surface area contributed by atoms with Gasteiger partial charge in [-0.15, -0.1) is 5.10 Å². The summed E-state index contributed by atoms with van der Waals surface area (Å²) in [6.45, 7) is 1.88. The van der Waals surface area contributed by atoms with Gasteiger partial charge in [0.1, 0.15) is 0 Å². The average molecular weight is 359 g/mol. The predicted molar refractivity (Wildman–Crippen MR) is 97.5 cm³/mol. The zero-order valence-electron chi connectivity index (χ0n) is 12.9. The Hall–Kier alpha value is -2.38. The van der Waals surface area contributed by atoms with Crippen LogP contribution in [-0.4, -0.2) is 25.9 Å². The molecule has 0 saturated heterocycles. The van der Waals surface area contributed by atoms with Gasteiger partial charge in [-0.2, -0.15) is 10.1 Å². The summed E-state index contributed by atoms with van der Waals surface area (Å²) < 4.78 is 0. The molecule has 0 aliphatic heterocycles. The molecule has 0 aliphatic rings. The topological polar surface area (TPSA) is 78.9 Å². The Morgan fingerprint density at radius 3 is 2.83 bits per heavy atom. The normalized spacial score (nSPS) is 11.5. The van der Waals surface area contributed by atoms with Crippen molar-refractivity contribution in [2.75, 3.05) is 5.43 Å². The maximum absolute atomic E-state index is 5.88. The Morgan fingerprint density at radius 2 is 2.08 bits per heavy atom. The van der Waals surface area contributed by atoms with Crippen molar-refractivity contribution in [3.63, 3.8) is 0 Å². The van der Waals surface area contributed by atoms with Crippen molar-refractivity contribution >= 4 is 35.0 Å². The maximum atomic E-state index is 5.88. The molecule has 0 radical (unpaired) electrons. The first-order valence-corrected chi connectivity index (χ1v) is 8.58. The van der Waals surface area contributed by atoms with Crippen LogP contribution in [0, 0.1) is 0 Å². The Balaban J connectivity index is 1.56. The number of nitrogens with zero attached hydrogens (tertiary/aromatic N) is 4. The number of thioether (sulfide) groups is 1. The largest absolute Gasteiger partial charge is 0.255 e. The van der Waals surface area contributed by atoms with Crippen molar-refractivity contribution < 1.29 is 0 Å². The van der Waals surface area contributed by atoms with E-state index in [0.29, 0.717) is 11.1 Å². The fourth-order valence-electron chi connectivity index (χ4n) is 1.86. The molecule has 6 nitrogen and oxygen atoms in total. The van der Waals surface area contributed by atoms with Crippen molar-refractivity contribution in [2.24, 2.45) is 5.10 Å². The molecule has 24 heavy (non-hydrogen) atoms. The lowest BCUT2D eigenvalue weighted by atomic mass is 10.2. The lowest BCUT2D eigenvalue weighted by molar-refractivity contribution is 0.972. The number of rotatable bonds is 6. The highest BCUT2D eigenvalue weighted by molar-refractivity contribution is 7.98. The molecule has 0 saturated carbocycles. The number of hydrogen-bond acceptors (Lipinski definition) is 6. The van der Waals surface area contributed by atoms with Crippen LogP contribution < -0.4 is 5.43 Å². The van der Waals surface area contributed by atoms with Crippen molar-refractivity contribution in [1.82, 2.24) is 20.2 Å².